The second-order valence-corrected chi connectivity index (χ2v) is 6.25. The molecule has 2 aromatic carbocycles. The van der Waals surface area contributed by atoms with Crippen LogP contribution >= 0.6 is 0 Å². The van der Waals surface area contributed by atoms with E-state index in [9.17, 15) is 4.79 Å². The number of ether oxygens (including phenoxy) is 2. The van der Waals surface area contributed by atoms with E-state index in [0.717, 1.165) is 28.6 Å². The van der Waals surface area contributed by atoms with Crippen LogP contribution in [0, 0.1) is 0 Å². The number of carbonyl (C=O) groups excluding carboxylic acids is 1. The van der Waals surface area contributed by atoms with Crippen LogP contribution in [0.25, 0.3) is 10.9 Å². The van der Waals surface area contributed by atoms with Gasteiger partial charge in [0.2, 0.25) is 0 Å². The Bertz CT molecular complexity index is 912. The predicted octanol–water partition coefficient (Wildman–Crippen LogP) is 4.14. The third kappa shape index (κ3) is 2.93. The number of H-pyrrole nitrogens is 1. The van der Waals surface area contributed by atoms with Crippen LogP contribution in [0.1, 0.15) is 29.9 Å². The van der Waals surface area contributed by atoms with Crippen LogP contribution in [0.5, 0.6) is 11.5 Å². The molecule has 1 atom stereocenters. The monoisotopic (exact) mass is 336 g/mol. The molecule has 0 saturated carbocycles. The summed E-state index contributed by atoms with van der Waals surface area (Å²) >= 11 is 0. The zero-order chi connectivity index (χ0) is 17.4. The first-order valence-corrected chi connectivity index (χ1v) is 8.49. The van der Waals surface area contributed by atoms with Crippen LogP contribution < -0.4 is 14.8 Å². The maximum Gasteiger partial charge on any atom is 0.272 e. The second kappa shape index (κ2) is 6.16. The summed E-state index contributed by atoms with van der Waals surface area (Å²) in [5.74, 6) is 1.27. The van der Waals surface area contributed by atoms with Crippen molar-refractivity contribution in [3.8, 4) is 11.5 Å². The van der Waals surface area contributed by atoms with Gasteiger partial charge in [0.1, 0.15) is 23.3 Å². The first-order chi connectivity index (χ1) is 12.1. The van der Waals surface area contributed by atoms with E-state index in [0.29, 0.717) is 23.7 Å². The lowest BCUT2D eigenvalue weighted by Crippen LogP contribution is -2.13. The van der Waals surface area contributed by atoms with Gasteiger partial charge in [-0.2, -0.15) is 0 Å². The first kappa shape index (κ1) is 15.6. The summed E-state index contributed by atoms with van der Waals surface area (Å²) in [6.45, 7) is 4.49. The normalized spacial score (nSPS) is 15.7. The lowest BCUT2D eigenvalue weighted by molar-refractivity contribution is 0.102. The van der Waals surface area contributed by atoms with Gasteiger partial charge in [-0.3, -0.25) is 4.79 Å². The van der Waals surface area contributed by atoms with Gasteiger partial charge < -0.3 is 19.8 Å². The van der Waals surface area contributed by atoms with Crippen LogP contribution in [0.2, 0.25) is 0 Å². The smallest absolute Gasteiger partial charge is 0.272 e. The van der Waals surface area contributed by atoms with E-state index < -0.39 is 0 Å². The summed E-state index contributed by atoms with van der Waals surface area (Å²) in [5.41, 5.74) is 3.18. The highest BCUT2D eigenvalue weighted by Gasteiger charge is 2.23. The number of anilines is 1. The summed E-state index contributed by atoms with van der Waals surface area (Å²) in [7, 11) is 0. The maximum atomic E-state index is 12.7. The Kier molecular flexibility index (Phi) is 3.84. The summed E-state index contributed by atoms with van der Waals surface area (Å²) in [5, 5.41) is 3.95. The van der Waals surface area contributed by atoms with Gasteiger partial charge in [-0.15, -0.1) is 0 Å². The van der Waals surface area contributed by atoms with Gasteiger partial charge in [-0.05, 0) is 32.0 Å². The minimum absolute atomic E-state index is 0.143. The van der Waals surface area contributed by atoms with Crippen LogP contribution in [0.15, 0.2) is 42.5 Å². The van der Waals surface area contributed by atoms with E-state index >= 15 is 0 Å². The van der Waals surface area contributed by atoms with E-state index in [1.165, 1.54) is 0 Å². The molecular formula is C20H20N2O3. The molecule has 0 unspecified atom stereocenters. The number of hydrogen-bond donors (Lipinski definition) is 2. The van der Waals surface area contributed by atoms with Crippen LogP contribution in [-0.2, 0) is 6.42 Å². The van der Waals surface area contributed by atoms with Crippen molar-refractivity contribution in [1.29, 1.82) is 0 Å². The molecule has 1 aliphatic rings. The predicted molar refractivity (Wildman–Crippen MR) is 97.7 cm³/mol. The fourth-order valence-corrected chi connectivity index (χ4v) is 3.20. The zero-order valence-electron chi connectivity index (χ0n) is 14.3. The van der Waals surface area contributed by atoms with Crippen molar-refractivity contribution in [2.45, 2.75) is 26.4 Å². The third-order valence-electron chi connectivity index (χ3n) is 4.32. The number of aromatic nitrogens is 1. The van der Waals surface area contributed by atoms with E-state index in [4.69, 9.17) is 9.47 Å². The topological polar surface area (TPSA) is 63.3 Å². The molecule has 0 fully saturated rings. The molecule has 1 aromatic heterocycles. The highest BCUT2D eigenvalue weighted by Crippen LogP contribution is 2.38. The molecular weight excluding hydrogens is 316 g/mol. The lowest BCUT2D eigenvalue weighted by atomic mass is 10.1. The van der Waals surface area contributed by atoms with Crippen molar-refractivity contribution in [1.82, 2.24) is 4.98 Å². The quantitative estimate of drug-likeness (QED) is 0.752. The van der Waals surface area contributed by atoms with Gasteiger partial charge in [0.15, 0.2) is 0 Å². The Balaban J connectivity index is 1.65. The van der Waals surface area contributed by atoms with Crippen molar-refractivity contribution in [3.63, 3.8) is 0 Å². The number of amides is 1. The van der Waals surface area contributed by atoms with Crippen molar-refractivity contribution in [3.05, 3.63) is 53.7 Å². The molecule has 0 spiro atoms. The van der Waals surface area contributed by atoms with Crippen molar-refractivity contribution in [2.24, 2.45) is 0 Å². The molecule has 2 N–H and O–H groups in total. The van der Waals surface area contributed by atoms with Gasteiger partial charge in [0.25, 0.3) is 5.91 Å². The molecule has 0 aliphatic carbocycles. The highest BCUT2D eigenvalue weighted by atomic mass is 16.5. The van der Waals surface area contributed by atoms with Crippen LogP contribution in [0.4, 0.5) is 5.69 Å². The Morgan fingerprint density at radius 3 is 2.96 bits per heavy atom. The average molecular weight is 336 g/mol. The number of para-hydroxylation sites is 1. The number of aromatic amines is 1. The lowest BCUT2D eigenvalue weighted by Gasteiger charge is -2.13. The van der Waals surface area contributed by atoms with Crippen molar-refractivity contribution in [2.75, 3.05) is 11.9 Å². The van der Waals surface area contributed by atoms with Gasteiger partial charge in [-0.25, -0.2) is 0 Å². The SMILES string of the molecule is CCOc1cc2c(cc1NC(=O)c1cc3ccccc3[nH]1)O[C@H](C)C2. The van der Waals surface area contributed by atoms with Gasteiger partial charge >= 0.3 is 0 Å². The Hall–Kier alpha value is -2.95. The molecule has 25 heavy (non-hydrogen) atoms. The highest BCUT2D eigenvalue weighted by molar-refractivity contribution is 6.06. The molecule has 1 amide bonds. The second-order valence-electron chi connectivity index (χ2n) is 6.25. The van der Waals surface area contributed by atoms with Gasteiger partial charge in [0.05, 0.1) is 12.3 Å². The van der Waals surface area contributed by atoms with E-state index in [2.05, 4.69) is 10.3 Å². The summed E-state index contributed by atoms with van der Waals surface area (Å²) in [6, 6.07) is 13.5. The van der Waals surface area contributed by atoms with E-state index in [1.807, 2.05) is 56.3 Å². The Morgan fingerprint density at radius 1 is 1.32 bits per heavy atom. The molecule has 0 saturated heterocycles. The fourth-order valence-electron chi connectivity index (χ4n) is 3.20. The van der Waals surface area contributed by atoms with Crippen molar-refractivity contribution >= 4 is 22.5 Å². The molecule has 5 heteroatoms. The number of nitrogens with one attached hydrogen (secondary N) is 2. The molecule has 2 heterocycles. The Labute approximate surface area is 146 Å². The molecule has 3 aromatic rings. The third-order valence-corrected chi connectivity index (χ3v) is 4.32. The van der Waals surface area contributed by atoms with E-state index in [1.54, 1.807) is 0 Å². The van der Waals surface area contributed by atoms with Gasteiger partial charge in [0, 0.05) is 29.0 Å². The van der Waals surface area contributed by atoms with Gasteiger partial charge in [-0.1, -0.05) is 18.2 Å². The standard InChI is InChI=1S/C20H20N2O3/c1-3-24-19-10-14-8-12(2)25-18(14)11-16(19)22-20(23)17-9-13-6-4-5-7-15(13)21-17/h4-7,9-12,21H,3,8H2,1-2H3,(H,22,23)/t12-/m1/s1. The molecule has 128 valence electrons. The number of fused-ring (bicyclic) bond motifs is 2. The first-order valence-electron chi connectivity index (χ1n) is 8.49. The number of carbonyl (C=O) groups is 1. The fraction of sp³-hybridized carbons (Fsp3) is 0.250. The molecule has 4 rings (SSSR count). The Morgan fingerprint density at radius 2 is 2.16 bits per heavy atom. The largest absolute Gasteiger partial charge is 0.492 e. The summed E-state index contributed by atoms with van der Waals surface area (Å²) < 4.78 is 11.5. The van der Waals surface area contributed by atoms with E-state index in [-0.39, 0.29) is 12.0 Å². The average Bonchev–Trinajstić information content (AvgIpc) is 3.17. The summed E-state index contributed by atoms with van der Waals surface area (Å²) in [4.78, 5) is 15.8. The number of hydrogen-bond acceptors (Lipinski definition) is 3. The zero-order valence-corrected chi connectivity index (χ0v) is 14.3. The molecule has 0 bridgehead atoms. The maximum absolute atomic E-state index is 12.7. The minimum Gasteiger partial charge on any atom is -0.492 e. The molecule has 0 radical (unpaired) electrons. The van der Waals surface area contributed by atoms with Crippen LogP contribution in [0.3, 0.4) is 0 Å². The minimum atomic E-state index is -0.205. The van der Waals surface area contributed by atoms with Crippen molar-refractivity contribution < 1.29 is 14.3 Å². The number of benzene rings is 2. The van der Waals surface area contributed by atoms with Crippen LogP contribution in [-0.4, -0.2) is 23.6 Å². The molecule has 1 aliphatic heterocycles. The number of rotatable bonds is 4. The molecule has 5 nitrogen and oxygen atoms in total. The summed E-state index contributed by atoms with van der Waals surface area (Å²) in [6.07, 6.45) is 0.996.